The van der Waals surface area contributed by atoms with E-state index >= 15 is 0 Å². The van der Waals surface area contributed by atoms with Crippen molar-refractivity contribution in [1.29, 1.82) is 0 Å². The maximum Gasteiger partial charge on any atom is 0.387 e. The number of alkyl halides is 2. The van der Waals surface area contributed by atoms with Gasteiger partial charge in [0.05, 0.1) is 11.5 Å². The van der Waals surface area contributed by atoms with Gasteiger partial charge in [0.1, 0.15) is 0 Å². The molecule has 0 aliphatic carbocycles. The van der Waals surface area contributed by atoms with Crippen molar-refractivity contribution in [3.05, 3.63) is 59.7 Å². The van der Waals surface area contributed by atoms with Gasteiger partial charge in [0, 0.05) is 25.7 Å². The van der Waals surface area contributed by atoms with Crippen LogP contribution in [0.15, 0.2) is 53.4 Å². The summed E-state index contributed by atoms with van der Waals surface area (Å²) in [6, 6.07) is 10.9. The number of sulfonamides is 1. The zero-order chi connectivity index (χ0) is 24.6. The molecule has 1 heterocycles. The van der Waals surface area contributed by atoms with Crippen molar-refractivity contribution in [2.45, 2.75) is 44.2 Å². The lowest BCUT2D eigenvalue weighted by atomic mass is 10.2. The lowest BCUT2D eigenvalue weighted by molar-refractivity contribution is -0.116. The Bertz CT molecular complexity index is 1120. The number of halogens is 2. The van der Waals surface area contributed by atoms with Crippen LogP contribution >= 0.6 is 0 Å². The zero-order valence-corrected chi connectivity index (χ0v) is 19.7. The fourth-order valence-corrected chi connectivity index (χ4v) is 5.17. The Labute approximate surface area is 198 Å². The van der Waals surface area contributed by atoms with E-state index in [-0.39, 0.29) is 29.5 Å². The molecule has 184 valence electrons. The van der Waals surface area contributed by atoms with Gasteiger partial charge in [0.2, 0.25) is 15.9 Å². The van der Waals surface area contributed by atoms with Gasteiger partial charge < -0.3 is 14.8 Å². The summed E-state index contributed by atoms with van der Waals surface area (Å²) >= 11 is 0. The fraction of sp³-hybridized carbons (Fsp3) is 0.375. The second-order valence-corrected chi connectivity index (χ2v) is 9.62. The SMILES string of the molecule is CCOc1cc(/C=C/C(=O)NCc2cccc(S(=O)(=O)N3CCCCC3)c2)ccc1OC(F)F. The van der Waals surface area contributed by atoms with Crippen molar-refractivity contribution in [3.8, 4) is 11.5 Å². The number of nitrogens with one attached hydrogen (secondary N) is 1. The molecule has 0 unspecified atom stereocenters. The molecule has 1 fully saturated rings. The third-order valence-electron chi connectivity index (χ3n) is 5.23. The van der Waals surface area contributed by atoms with Crippen molar-refractivity contribution in [2.24, 2.45) is 0 Å². The minimum absolute atomic E-state index is 0.0853. The van der Waals surface area contributed by atoms with E-state index in [1.807, 2.05) is 0 Å². The second kappa shape index (κ2) is 11.9. The van der Waals surface area contributed by atoms with Crippen molar-refractivity contribution in [3.63, 3.8) is 0 Å². The number of piperidine rings is 1. The van der Waals surface area contributed by atoms with Crippen LogP contribution in [-0.4, -0.2) is 44.9 Å². The van der Waals surface area contributed by atoms with Crippen molar-refractivity contribution in [1.82, 2.24) is 9.62 Å². The molecule has 0 spiro atoms. The summed E-state index contributed by atoms with van der Waals surface area (Å²) in [5, 5.41) is 2.72. The number of carbonyl (C=O) groups excluding carboxylic acids is 1. The van der Waals surface area contributed by atoms with Crippen LogP contribution in [0.5, 0.6) is 11.5 Å². The third-order valence-corrected chi connectivity index (χ3v) is 7.12. The van der Waals surface area contributed by atoms with Gasteiger partial charge in [-0.25, -0.2) is 8.42 Å². The van der Waals surface area contributed by atoms with Crippen molar-refractivity contribution >= 4 is 22.0 Å². The van der Waals surface area contributed by atoms with E-state index in [1.165, 1.54) is 34.7 Å². The number of ether oxygens (including phenoxy) is 2. The van der Waals surface area contributed by atoms with Gasteiger partial charge in [0.15, 0.2) is 11.5 Å². The highest BCUT2D eigenvalue weighted by Crippen LogP contribution is 2.30. The standard InChI is InChI=1S/C24H28F2N2O5S/c1-2-32-22-16-18(9-11-21(22)33-24(25)26)10-12-23(29)27-17-19-7-6-8-20(15-19)34(30,31)28-13-4-3-5-14-28/h6-12,15-16,24H,2-5,13-14,17H2,1H3,(H,27,29)/b12-10+. The first-order valence-electron chi connectivity index (χ1n) is 11.1. The number of nitrogens with zero attached hydrogens (tertiary/aromatic N) is 1. The molecule has 2 aromatic rings. The monoisotopic (exact) mass is 494 g/mol. The lowest BCUT2D eigenvalue weighted by Crippen LogP contribution is -2.35. The van der Waals surface area contributed by atoms with Crippen LogP contribution in [0.2, 0.25) is 0 Å². The van der Waals surface area contributed by atoms with Gasteiger partial charge in [0.25, 0.3) is 0 Å². The van der Waals surface area contributed by atoms with E-state index in [0.717, 1.165) is 19.3 Å². The smallest absolute Gasteiger partial charge is 0.387 e. The van der Waals surface area contributed by atoms with Gasteiger partial charge >= 0.3 is 6.61 Å². The minimum Gasteiger partial charge on any atom is -0.490 e. The molecule has 7 nitrogen and oxygen atoms in total. The Kier molecular flexibility index (Phi) is 9.00. The van der Waals surface area contributed by atoms with Crippen LogP contribution in [-0.2, 0) is 21.4 Å². The Hall–Kier alpha value is -2.98. The van der Waals surface area contributed by atoms with E-state index in [9.17, 15) is 22.0 Å². The van der Waals surface area contributed by atoms with Crippen LogP contribution in [0.4, 0.5) is 8.78 Å². The van der Waals surface area contributed by atoms with Gasteiger partial charge in [-0.3, -0.25) is 4.79 Å². The highest BCUT2D eigenvalue weighted by Gasteiger charge is 2.25. The molecular formula is C24H28F2N2O5S. The average Bonchev–Trinajstić information content (AvgIpc) is 2.83. The average molecular weight is 495 g/mol. The number of carbonyl (C=O) groups is 1. The topological polar surface area (TPSA) is 84.9 Å². The summed E-state index contributed by atoms with van der Waals surface area (Å²) in [6.07, 6.45) is 5.56. The molecule has 1 aliphatic heterocycles. The maximum atomic E-state index is 12.9. The largest absolute Gasteiger partial charge is 0.490 e. The third kappa shape index (κ3) is 7.01. The van der Waals surface area contributed by atoms with E-state index in [2.05, 4.69) is 10.1 Å². The summed E-state index contributed by atoms with van der Waals surface area (Å²) in [6.45, 7) is 0.203. The van der Waals surface area contributed by atoms with Crippen LogP contribution in [0, 0.1) is 0 Å². The summed E-state index contributed by atoms with van der Waals surface area (Å²) in [5.41, 5.74) is 1.22. The van der Waals surface area contributed by atoms with E-state index in [1.54, 1.807) is 31.2 Å². The normalized spacial score (nSPS) is 14.9. The highest BCUT2D eigenvalue weighted by molar-refractivity contribution is 7.89. The number of rotatable bonds is 10. The van der Waals surface area contributed by atoms with Crippen LogP contribution in [0.1, 0.15) is 37.3 Å². The van der Waals surface area contributed by atoms with Gasteiger partial charge in [-0.05, 0) is 61.2 Å². The molecule has 1 amide bonds. The Balaban J connectivity index is 1.62. The molecule has 1 N–H and O–H groups in total. The first-order chi connectivity index (χ1) is 16.3. The predicted octanol–water partition coefficient (Wildman–Crippen LogP) is 4.19. The first-order valence-corrected chi connectivity index (χ1v) is 12.5. The highest BCUT2D eigenvalue weighted by atomic mass is 32.2. The predicted molar refractivity (Wildman–Crippen MR) is 124 cm³/mol. The van der Waals surface area contributed by atoms with Crippen LogP contribution in [0.25, 0.3) is 6.08 Å². The quantitative estimate of drug-likeness (QED) is 0.501. The molecule has 0 aromatic heterocycles. The number of amides is 1. The minimum atomic E-state index is -3.55. The zero-order valence-electron chi connectivity index (χ0n) is 18.9. The molecule has 0 atom stereocenters. The summed E-state index contributed by atoms with van der Waals surface area (Å²) in [7, 11) is -3.55. The number of benzene rings is 2. The maximum absolute atomic E-state index is 12.9. The summed E-state index contributed by atoms with van der Waals surface area (Å²) in [4.78, 5) is 12.5. The van der Waals surface area contributed by atoms with E-state index < -0.39 is 22.5 Å². The number of hydrogen-bond donors (Lipinski definition) is 1. The Morgan fingerprint density at radius 2 is 1.88 bits per heavy atom. The molecule has 1 aliphatic rings. The van der Waals surface area contributed by atoms with Crippen LogP contribution < -0.4 is 14.8 Å². The fourth-order valence-electron chi connectivity index (χ4n) is 3.58. The van der Waals surface area contributed by atoms with E-state index in [4.69, 9.17) is 4.74 Å². The van der Waals surface area contributed by atoms with Gasteiger partial charge in [-0.15, -0.1) is 0 Å². The molecule has 10 heteroatoms. The molecule has 34 heavy (non-hydrogen) atoms. The van der Waals surface area contributed by atoms with Crippen molar-refractivity contribution in [2.75, 3.05) is 19.7 Å². The molecule has 3 rings (SSSR count). The molecule has 0 radical (unpaired) electrons. The Morgan fingerprint density at radius 3 is 2.59 bits per heavy atom. The lowest BCUT2D eigenvalue weighted by Gasteiger charge is -2.26. The van der Waals surface area contributed by atoms with Crippen molar-refractivity contribution < 1.29 is 31.5 Å². The molecule has 0 saturated carbocycles. The van der Waals surface area contributed by atoms with Gasteiger partial charge in [-0.1, -0.05) is 24.6 Å². The molecular weight excluding hydrogens is 466 g/mol. The summed E-state index contributed by atoms with van der Waals surface area (Å²) < 4.78 is 62.0. The molecule has 2 aromatic carbocycles. The van der Waals surface area contributed by atoms with E-state index in [0.29, 0.717) is 24.2 Å². The molecule has 0 bridgehead atoms. The first kappa shape index (κ1) is 25.6. The summed E-state index contributed by atoms with van der Waals surface area (Å²) in [5.74, 6) is -0.329. The van der Waals surface area contributed by atoms with Crippen LogP contribution in [0.3, 0.4) is 0 Å². The second-order valence-electron chi connectivity index (χ2n) is 7.68. The Morgan fingerprint density at radius 1 is 1.12 bits per heavy atom. The van der Waals surface area contributed by atoms with Gasteiger partial charge in [-0.2, -0.15) is 13.1 Å². The molecule has 1 saturated heterocycles. The number of hydrogen-bond acceptors (Lipinski definition) is 5.